The molecular formula is C25H26FN3O. The molecule has 0 aromatic heterocycles. The average molecular weight is 404 g/mol. The summed E-state index contributed by atoms with van der Waals surface area (Å²) in [7, 11) is 2.03. The van der Waals surface area contributed by atoms with Gasteiger partial charge in [-0.25, -0.2) is 9.38 Å². The zero-order chi connectivity index (χ0) is 21.1. The number of rotatable bonds is 3. The van der Waals surface area contributed by atoms with Crippen molar-refractivity contribution in [2.24, 2.45) is 4.99 Å². The fraction of sp³-hybridized carbons (Fsp3) is 0.280. The van der Waals surface area contributed by atoms with Crippen molar-refractivity contribution in [1.29, 1.82) is 0 Å². The number of amidine groups is 1. The Bertz CT molecular complexity index is 1050. The van der Waals surface area contributed by atoms with Gasteiger partial charge in [-0.1, -0.05) is 24.3 Å². The molecule has 0 spiro atoms. The van der Waals surface area contributed by atoms with E-state index >= 15 is 0 Å². The third-order valence-electron chi connectivity index (χ3n) is 5.64. The quantitative estimate of drug-likeness (QED) is 0.745. The topological polar surface area (TPSA) is 44.7 Å². The number of aliphatic imine (C=N–C) groups is 1. The number of halogens is 1. The van der Waals surface area contributed by atoms with E-state index in [2.05, 4.69) is 35.4 Å². The lowest BCUT2D eigenvalue weighted by Crippen LogP contribution is -2.27. The SMILES string of the molecule is C/C1=C/CCCC(N(C)c2ccc3c(c2)CC(=O)N3)=N\C1=C\Cc1ccc(F)cc1. The standard InChI is InChI=1S/C25H26FN3O/c1-17-5-3-4-6-24(27-22(17)13-9-18-7-10-20(26)11-8-18)29(2)21-12-14-23-19(15-21)16-25(30)28-23/h5,7-8,10-15H,3-4,6,9,16H2,1-2H3,(H,28,30)/b17-5-,22-13+,27-24?. The van der Waals surface area contributed by atoms with Crippen LogP contribution in [0, 0.1) is 5.82 Å². The Morgan fingerprint density at radius 2 is 2.00 bits per heavy atom. The summed E-state index contributed by atoms with van der Waals surface area (Å²) in [6, 6.07) is 12.7. The lowest BCUT2D eigenvalue weighted by molar-refractivity contribution is -0.115. The summed E-state index contributed by atoms with van der Waals surface area (Å²) in [5.74, 6) is 0.825. The molecule has 0 aliphatic carbocycles. The van der Waals surface area contributed by atoms with Crippen molar-refractivity contribution in [3.8, 4) is 0 Å². The number of anilines is 2. The van der Waals surface area contributed by atoms with Gasteiger partial charge in [-0.2, -0.15) is 0 Å². The van der Waals surface area contributed by atoms with Crippen LogP contribution in [0.1, 0.15) is 37.3 Å². The van der Waals surface area contributed by atoms with Crippen LogP contribution >= 0.6 is 0 Å². The molecule has 2 aromatic rings. The van der Waals surface area contributed by atoms with Crippen molar-refractivity contribution >= 4 is 23.1 Å². The van der Waals surface area contributed by atoms with Crippen LogP contribution in [0.3, 0.4) is 0 Å². The third-order valence-corrected chi connectivity index (χ3v) is 5.64. The molecule has 154 valence electrons. The van der Waals surface area contributed by atoms with Crippen LogP contribution in [-0.4, -0.2) is 18.8 Å². The van der Waals surface area contributed by atoms with Gasteiger partial charge in [-0.05, 0) is 73.2 Å². The van der Waals surface area contributed by atoms with Crippen molar-refractivity contribution in [3.05, 3.63) is 82.8 Å². The number of fused-ring (bicyclic) bond motifs is 1. The second-order valence-corrected chi connectivity index (χ2v) is 7.85. The molecule has 4 rings (SSSR count). The molecular weight excluding hydrogens is 377 g/mol. The first-order valence-corrected chi connectivity index (χ1v) is 10.4. The van der Waals surface area contributed by atoms with Crippen LogP contribution in [0.15, 0.2) is 70.9 Å². The minimum absolute atomic E-state index is 0.0415. The van der Waals surface area contributed by atoms with E-state index in [4.69, 9.17) is 4.99 Å². The fourth-order valence-corrected chi connectivity index (χ4v) is 3.82. The van der Waals surface area contributed by atoms with Crippen LogP contribution in [0.4, 0.5) is 15.8 Å². The van der Waals surface area contributed by atoms with Crippen molar-refractivity contribution < 1.29 is 9.18 Å². The van der Waals surface area contributed by atoms with Gasteiger partial charge in [0.15, 0.2) is 0 Å². The van der Waals surface area contributed by atoms with E-state index in [9.17, 15) is 9.18 Å². The van der Waals surface area contributed by atoms with Crippen molar-refractivity contribution in [2.75, 3.05) is 17.3 Å². The summed E-state index contributed by atoms with van der Waals surface area (Å²) in [5.41, 5.74) is 6.13. The molecule has 0 saturated heterocycles. The van der Waals surface area contributed by atoms with Crippen molar-refractivity contribution in [1.82, 2.24) is 0 Å². The number of nitrogens with zero attached hydrogens (tertiary/aromatic N) is 2. The summed E-state index contributed by atoms with van der Waals surface area (Å²) >= 11 is 0. The predicted octanol–water partition coefficient (Wildman–Crippen LogP) is 5.41. The maximum atomic E-state index is 13.2. The first kappa shape index (κ1) is 20.1. The number of nitrogens with one attached hydrogen (secondary N) is 1. The highest BCUT2D eigenvalue weighted by atomic mass is 19.1. The van der Waals surface area contributed by atoms with E-state index in [1.54, 1.807) is 0 Å². The van der Waals surface area contributed by atoms with E-state index < -0.39 is 0 Å². The second-order valence-electron chi connectivity index (χ2n) is 7.85. The number of amides is 1. The van der Waals surface area contributed by atoms with Gasteiger partial charge in [0.05, 0.1) is 12.1 Å². The van der Waals surface area contributed by atoms with Gasteiger partial charge in [0, 0.05) is 24.8 Å². The monoisotopic (exact) mass is 403 g/mol. The normalized spacial score (nSPS) is 19.3. The minimum Gasteiger partial charge on any atom is -0.333 e. The molecule has 4 nitrogen and oxygen atoms in total. The largest absolute Gasteiger partial charge is 0.333 e. The van der Waals surface area contributed by atoms with Gasteiger partial charge in [-0.15, -0.1) is 0 Å². The molecule has 2 aliphatic heterocycles. The maximum Gasteiger partial charge on any atom is 0.228 e. The van der Waals surface area contributed by atoms with Crippen LogP contribution in [0.5, 0.6) is 0 Å². The number of allylic oxidation sites excluding steroid dienone is 3. The van der Waals surface area contributed by atoms with Gasteiger partial charge < -0.3 is 10.2 Å². The molecule has 0 atom stereocenters. The Labute approximate surface area is 176 Å². The van der Waals surface area contributed by atoms with Gasteiger partial charge >= 0.3 is 0 Å². The molecule has 0 radical (unpaired) electrons. The Hall–Kier alpha value is -3.21. The molecule has 2 heterocycles. The summed E-state index contributed by atoms with van der Waals surface area (Å²) in [4.78, 5) is 18.8. The molecule has 0 unspecified atom stereocenters. The Morgan fingerprint density at radius 3 is 2.80 bits per heavy atom. The Kier molecular flexibility index (Phi) is 5.79. The van der Waals surface area contributed by atoms with E-state index in [0.717, 1.165) is 58.9 Å². The highest BCUT2D eigenvalue weighted by Gasteiger charge is 2.20. The number of hydrogen-bond acceptors (Lipinski definition) is 3. The molecule has 2 aliphatic rings. The first-order valence-electron chi connectivity index (χ1n) is 10.4. The van der Waals surface area contributed by atoms with E-state index in [0.29, 0.717) is 12.8 Å². The molecule has 0 saturated carbocycles. The molecule has 0 fully saturated rings. The van der Waals surface area contributed by atoms with E-state index in [1.807, 2.05) is 31.3 Å². The summed E-state index contributed by atoms with van der Waals surface area (Å²) in [5, 5.41) is 2.88. The summed E-state index contributed by atoms with van der Waals surface area (Å²) in [6.45, 7) is 2.09. The van der Waals surface area contributed by atoms with Gasteiger partial charge in [0.1, 0.15) is 11.7 Å². The second kappa shape index (κ2) is 8.66. The van der Waals surface area contributed by atoms with Crippen LogP contribution in [0.25, 0.3) is 0 Å². The van der Waals surface area contributed by atoms with Crippen molar-refractivity contribution in [3.63, 3.8) is 0 Å². The highest BCUT2D eigenvalue weighted by Crippen LogP contribution is 2.29. The van der Waals surface area contributed by atoms with Crippen LogP contribution in [0.2, 0.25) is 0 Å². The molecule has 1 amide bonds. The van der Waals surface area contributed by atoms with Crippen molar-refractivity contribution in [2.45, 2.75) is 39.0 Å². The third kappa shape index (κ3) is 4.51. The van der Waals surface area contributed by atoms with Gasteiger partial charge in [0.2, 0.25) is 5.91 Å². The molecule has 2 aromatic carbocycles. The first-order chi connectivity index (χ1) is 14.5. The Balaban J connectivity index is 1.61. The molecule has 1 N–H and O–H groups in total. The predicted molar refractivity (Wildman–Crippen MR) is 120 cm³/mol. The highest BCUT2D eigenvalue weighted by molar-refractivity contribution is 6.02. The number of carbonyl (C=O) groups is 1. The van der Waals surface area contributed by atoms with E-state index in [-0.39, 0.29) is 11.7 Å². The summed E-state index contributed by atoms with van der Waals surface area (Å²) < 4.78 is 13.2. The minimum atomic E-state index is -0.221. The number of hydrogen-bond donors (Lipinski definition) is 1. The molecule has 0 bridgehead atoms. The smallest absolute Gasteiger partial charge is 0.228 e. The average Bonchev–Trinajstić information content (AvgIpc) is 3.10. The lowest BCUT2D eigenvalue weighted by atomic mass is 10.0. The lowest BCUT2D eigenvalue weighted by Gasteiger charge is -2.24. The van der Waals surface area contributed by atoms with Gasteiger partial charge in [0.25, 0.3) is 0 Å². The zero-order valence-electron chi connectivity index (χ0n) is 17.4. The van der Waals surface area contributed by atoms with Gasteiger partial charge in [-0.3, -0.25) is 4.79 Å². The zero-order valence-corrected chi connectivity index (χ0v) is 17.4. The molecule has 30 heavy (non-hydrogen) atoms. The number of benzene rings is 2. The Morgan fingerprint density at radius 1 is 1.20 bits per heavy atom. The maximum absolute atomic E-state index is 13.2. The molecule has 5 heteroatoms. The van der Waals surface area contributed by atoms with Crippen LogP contribution < -0.4 is 10.2 Å². The summed E-state index contributed by atoms with van der Waals surface area (Å²) in [6.07, 6.45) is 8.41. The number of carbonyl (C=O) groups excluding carboxylic acids is 1. The fourth-order valence-electron chi connectivity index (χ4n) is 3.82. The van der Waals surface area contributed by atoms with Crippen LogP contribution in [-0.2, 0) is 17.6 Å². The van der Waals surface area contributed by atoms with E-state index in [1.165, 1.54) is 12.1 Å².